The summed E-state index contributed by atoms with van der Waals surface area (Å²) in [6.45, 7) is 2.64. The Morgan fingerprint density at radius 1 is 1.17 bits per heavy atom. The molecule has 23 heavy (non-hydrogen) atoms. The van der Waals surface area contributed by atoms with Crippen LogP contribution in [0.4, 0.5) is 4.39 Å². The summed E-state index contributed by atoms with van der Waals surface area (Å²) in [5, 5.41) is 0. The summed E-state index contributed by atoms with van der Waals surface area (Å²) in [5.74, 6) is 0.597. The van der Waals surface area contributed by atoms with E-state index in [2.05, 4.69) is 0 Å². The first-order chi connectivity index (χ1) is 11.1. The molecule has 0 unspecified atom stereocenters. The molecule has 0 N–H and O–H groups in total. The minimum Gasteiger partial charge on any atom is -0.493 e. The average molecular weight is 314 g/mol. The maximum atomic E-state index is 13.1. The van der Waals surface area contributed by atoms with E-state index in [4.69, 9.17) is 9.47 Å². The van der Waals surface area contributed by atoms with Gasteiger partial charge in [0.15, 0.2) is 17.3 Å². The Morgan fingerprint density at radius 2 is 2.00 bits per heavy atom. The van der Waals surface area contributed by atoms with Crippen molar-refractivity contribution in [2.24, 2.45) is 0 Å². The van der Waals surface area contributed by atoms with Crippen LogP contribution >= 0.6 is 0 Å². The van der Waals surface area contributed by atoms with Crippen LogP contribution in [0.5, 0.6) is 11.5 Å². The van der Waals surface area contributed by atoms with Crippen molar-refractivity contribution in [2.45, 2.75) is 13.3 Å². The molecule has 3 nitrogen and oxygen atoms in total. The second kappa shape index (κ2) is 8.13. The zero-order valence-corrected chi connectivity index (χ0v) is 13.2. The molecule has 0 saturated heterocycles. The van der Waals surface area contributed by atoms with E-state index in [0.29, 0.717) is 23.7 Å². The third kappa shape index (κ3) is 4.68. The lowest BCUT2D eigenvalue weighted by Gasteiger charge is -2.10. The van der Waals surface area contributed by atoms with Crippen molar-refractivity contribution in [3.8, 4) is 11.5 Å². The average Bonchev–Trinajstić information content (AvgIpc) is 2.58. The number of rotatable bonds is 7. The van der Waals surface area contributed by atoms with E-state index in [9.17, 15) is 9.18 Å². The molecule has 4 heteroatoms. The molecule has 2 aromatic carbocycles. The van der Waals surface area contributed by atoms with Gasteiger partial charge in [0, 0.05) is 5.56 Å². The van der Waals surface area contributed by atoms with Crippen molar-refractivity contribution in [2.75, 3.05) is 13.7 Å². The van der Waals surface area contributed by atoms with Crippen LogP contribution in [-0.4, -0.2) is 19.5 Å². The van der Waals surface area contributed by atoms with Gasteiger partial charge < -0.3 is 9.47 Å². The van der Waals surface area contributed by atoms with E-state index in [1.165, 1.54) is 24.3 Å². The molecule has 0 aliphatic carbocycles. The van der Waals surface area contributed by atoms with Gasteiger partial charge in [0.1, 0.15) is 5.82 Å². The number of halogens is 1. The summed E-state index contributed by atoms with van der Waals surface area (Å²) in [7, 11) is 1.57. The second-order valence-electron chi connectivity index (χ2n) is 4.97. The van der Waals surface area contributed by atoms with Crippen molar-refractivity contribution in [3.63, 3.8) is 0 Å². The summed E-state index contributed by atoms with van der Waals surface area (Å²) >= 11 is 0. The number of hydrogen-bond acceptors (Lipinski definition) is 3. The van der Waals surface area contributed by atoms with Crippen LogP contribution in [0.15, 0.2) is 48.5 Å². The smallest absolute Gasteiger partial charge is 0.185 e. The Bertz CT molecular complexity index is 708. The number of benzene rings is 2. The molecule has 0 radical (unpaired) electrons. The fraction of sp³-hybridized carbons (Fsp3) is 0.211. The van der Waals surface area contributed by atoms with Crippen LogP contribution in [0.2, 0.25) is 0 Å². The first kappa shape index (κ1) is 16.7. The highest BCUT2D eigenvalue weighted by atomic mass is 19.1. The van der Waals surface area contributed by atoms with Crippen molar-refractivity contribution in [1.82, 2.24) is 0 Å². The molecule has 0 heterocycles. The van der Waals surface area contributed by atoms with Crippen LogP contribution in [0.1, 0.15) is 29.3 Å². The predicted octanol–water partition coefficient (Wildman–Crippen LogP) is 4.52. The largest absolute Gasteiger partial charge is 0.493 e. The molecule has 2 aromatic rings. The zero-order valence-electron chi connectivity index (χ0n) is 13.2. The van der Waals surface area contributed by atoms with Crippen molar-refractivity contribution >= 4 is 11.9 Å². The zero-order chi connectivity index (χ0) is 16.7. The fourth-order valence-corrected chi connectivity index (χ4v) is 2.03. The van der Waals surface area contributed by atoms with Crippen LogP contribution in [0.25, 0.3) is 6.08 Å². The molecule has 0 aliphatic rings. The Hall–Kier alpha value is -2.62. The Balaban J connectivity index is 2.14. The second-order valence-corrected chi connectivity index (χ2v) is 4.97. The van der Waals surface area contributed by atoms with E-state index in [-0.39, 0.29) is 5.78 Å². The molecular weight excluding hydrogens is 295 g/mol. The van der Waals surface area contributed by atoms with Gasteiger partial charge in [0.25, 0.3) is 0 Å². The summed E-state index contributed by atoms with van der Waals surface area (Å²) in [6, 6.07) is 11.1. The molecule has 0 fully saturated rings. The number of carbonyl (C=O) groups excluding carboxylic acids is 1. The summed E-state index contributed by atoms with van der Waals surface area (Å²) < 4.78 is 24.0. The van der Waals surface area contributed by atoms with Crippen LogP contribution < -0.4 is 9.47 Å². The molecule has 0 bridgehead atoms. The molecule has 0 aromatic heterocycles. The molecular formula is C19H19FO3. The van der Waals surface area contributed by atoms with E-state index < -0.39 is 5.82 Å². The summed E-state index contributed by atoms with van der Waals surface area (Å²) in [6.07, 6.45) is 3.99. The van der Waals surface area contributed by atoms with Gasteiger partial charge in [-0.3, -0.25) is 4.79 Å². The SMILES string of the molecule is CCCOc1ccc(C=CC(=O)c2cccc(F)c2)cc1OC. The van der Waals surface area contributed by atoms with Crippen LogP contribution in [-0.2, 0) is 0 Å². The highest BCUT2D eigenvalue weighted by Crippen LogP contribution is 2.28. The molecule has 0 spiro atoms. The lowest BCUT2D eigenvalue weighted by atomic mass is 10.1. The Labute approximate surface area is 135 Å². The van der Waals surface area contributed by atoms with Gasteiger partial charge in [0.05, 0.1) is 13.7 Å². The maximum Gasteiger partial charge on any atom is 0.185 e. The molecule has 2 rings (SSSR count). The van der Waals surface area contributed by atoms with Crippen LogP contribution in [0, 0.1) is 5.82 Å². The first-order valence-electron chi connectivity index (χ1n) is 7.43. The highest BCUT2D eigenvalue weighted by Gasteiger charge is 2.06. The van der Waals surface area contributed by atoms with Gasteiger partial charge in [-0.25, -0.2) is 4.39 Å². The van der Waals surface area contributed by atoms with Gasteiger partial charge >= 0.3 is 0 Å². The van der Waals surface area contributed by atoms with Crippen molar-refractivity contribution < 1.29 is 18.7 Å². The quantitative estimate of drug-likeness (QED) is 0.557. The third-order valence-electron chi connectivity index (χ3n) is 3.19. The maximum absolute atomic E-state index is 13.1. The number of hydrogen-bond donors (Lipinski definition) is 0. The topological polar surface area (TPSA) is 35.5 Å². The third-order valence-corrected chi connectivity index (χ3v) is 3.19. The number of allylic oxidation sites excluding steroid dienone is 1. The molecule has 120 valence electrons. The lowest BCUT2D eigenvalue weighted by Crippen LogP contribution is -1.98. The number of methoxy groups -OCH3 is 1. The monoisotopic (exact) mass is 314 g/mol. The minimum atomic E-state index is -0.427. The van der Waals surface area contributed by atoms with Crippen LogP contribution in [0.3, 0.4) is 0 Å². The normalized spacial score (nSPS) is 10.7. The van der Waals surface area contributed by atoms with E-state index in [1.54, 1.807) is 31.4 Å². The molecule has 0 amide bonds. The first-order valence-corrected chi connectivity index (χ1v) is 7.43. The van der Waals surface area contributed by atoms with E-state index in [0.717, 1.165) is 12.0 Å². The molecule has 0 saturated carbocycles. The standard InChI is InChI=1S/C19H19FO3/c1-3-11-23-18-10-8-14(12-19(18)22-2)7-9-17(21)15-5-4-6-16(20)13-15/h4-10,12-13H,3,11H2,1-2H3. The highest BCUT2D eigenvalue weighted by molar-refractivity contribution is 6.06. The van der Waals surface area contributed by atoms with Gasteiger partial charge in [0.2, 0.25) is 0 Å². The molecule has 0 atom stereocenters. The van der Waals surface area contributed by atoms with Gasteiger partial charge in [-0.1, -0.05) is 31.2 Å². The lowest BCUT2D eigenvalue weighted by molar-refractivity contribution is 0.104. The van der Waals surface area contributed by atoms with Gasteiger partial charge in [-0.05, 0) is 42.3 Å². The number of ketones is 1. The predicted molar refractivity (Wildman–Crippen MR) is 88.5 cm³/mol. The van der Waals surface area contributed by atoms with Crippen molar-refractivity contribution in [3.05, 3.63) is 65.5 Å². The Kier molecular flexibility index (Phi) is 5.92. The fourth-order valence-electron chi connectivity index (χ4n) is 2.03. The van der Waals surface area contributed by atoms with Gasteiger partial charge in [-0.2, -0.15) is 0 Å². The number of carbonyl (C=O) groups is 1. The molecule has 0 aliphatic heterocycles. The van der Waals surface area contributed by atoms with Gasteiger partial charge in [-0.15, -0.1) is 0 Å². The van der Waals surface area contributed by atoms with E-state index >= 15 is 0 Å². The van der Waals surface area contributed by atoms with E-state index in [1.807, 2.05) is 13.0 Å². The van der Waals surface area contributed by atoms with Crippen molar-refractivity contribution in [1.29, 1.82) is 0 Å². The number of ether oxygens (including phenoxy) is 2. The Morgan fingerprint density at radius 3 is 2.70 bits per heavy atom. The summed E-state index contributed by atoms with van der Waals surface area (Å²) in [5.41, 5.74) is 1.12. The summed E-state index contributed by atoms with van der Waals surface area (Å²) in [4.78, 5) is 12.0. The minimum absolute atomic E-state index is 0.255.